The van der Waals surface area contributed by atoms with Crippen molar-refractivity contribution in [3.8, 4) is 11.8 Å². The number of hydrogen-bond donors (Lipinski definition) is 2. The normalized spacial score (nSPS) is 9.94. The van der Waals surface area contributed by atoms with Gasteiger partial charge in [0.05, 0.1) is 18.2 Å². The molecule has 0 atom stereocenters. The van der Waals surface area contributed by atoms with Crippen molar-refractivity contribution in [2.24, 2.45) is 0 Å². The van der Waals surface area contributed by atoms with Gasteiger partial charge in [-0.05, 0) is 79.2 Å². The molecule has 3 aromatic carbocycles. The zero-order chi connectivity index (χ0) is 22.2. The van der Waals surface area contributed by atoms with Gasteiger partial charge in [0.1, 0.15) is 5.75 Å². The van der Waals surface area contributed by atoms with Crippen molar-refractivity contribution >= 4 is 29.3 Å². The summed E-state index contributed by atoms with van der Waals surface area (Å²) >= 11 is 0. The summed E-state index contributed by atoms with van der Waals surface area (Å²) in [5.41, 5.74) is 3.22. The average Bonchev–Trinajstić information content (AvgIpc) is 2.80. The molecule has 0 radical (unpaired) electrons. The second-order valence-electron chi connectivity index (χ2n) is 6.56. The SMILES string of the molecule is C=Cc1cc(NC(=O)c2ccc(C#N)cc2)ccc1NC(=O)c1ccc(OCC)cc1. The Bertz CT molecular complexity index is 1140. The predicted molar refractivity (Wildman–Crippen MR) is 121 cm³/mol. The van der Waals surface area contributed by atoms with E-state index in [2.05, 4.69) is 17.2 Å². The molecule has 0 saturated carbocycles. The van der Waals surface area contributed by atoms with E-state index in [0.717, 1.165) is 0 Å². The zero-order valence-corrected chi connectivity index (χ0v) is 17.0. The Balaban J connectivity index is 1.71. The first kappa shape index (κ1) is 21.3. The van der Waals surface area contributed by atoms with Gasteiger partial charge in [0, 0.05) is 22.5 Å². The van der Waals surface area contributed by atoms with Crippen LogP contribution in [0.15, 0.2) is 73.3 Å². The molecule has 3 aromatic rings. The Morgan fingerprint density at radius 2 is 1.58 bits per heavy atom. The molecular weight excluding hydrogens is 390 g/mol. The summed E-state index contributed by atoms with van der Waals surface area (Å²) in [6, 6.07) is 20.4. The predicted octanol–water partition coefficient (Wildman–Crippen LogP) is 5.10. The third-order valence-corrected chi connectivity index (χ3v) is 4.48. The number of nitrogens with one attached hydrogen (secondary N) is 2. The van der Waals surface area contributed by atoms with Crippen LogP contribution in [-0.4, -0.2) is 18.4 Å². The molecule has 0 aliphatic heterocycles. The summed E-state index contributed by atoms with van der Waals surface area (Å²) in [6.07, 6.45) is 1.60. The van der Waals surface area contributed by atoms with Crippen LogP contribution < -0.4 is 15.4 Å². The van der Waals surface area contributed by atoms with Crippen molar-refractivity contribution in [2.45, 2.75) is 6.92 Å². The number of anilines is 2. The fraction of sp³-hybridized carbons (Fsp3) is 0.0800. The maximum absolute atomic E-state index is 12.6. The van der Waals surface area contributed by atoms with Crippen LogP contribution >= 0.6 is 0 Å². The van der Waals surface area contributed by atoms with E-state index in [-0.39, 0.29) is 11.8 Å². The van der Waals surface area contributed by atoms with Crippen molar-refractivity contribution in [2.75, 3.05) is 17.2 Å². The maximum Gasteiger partial charge on any atom is 0.255 e. The molecule has 0 bridgehead atoms. The second kappa shape index (κ2) is 9.90. The third kappa shape index (κ3) is 5.37. The third-order valence-electron chi connectivity index (χ3n) is 4.48. The molecule has 2 N–H and O–H groups in total. The highest BCUT2D eigenvalue weighted by Crippen LogP contribution is 2.23. The Morgan fingerprint density at radius 1 is 0.968 bits per heavy atom. The molecule has 0 saturated heterocycles. The van der Waals surface area contributed by atoms with Crippen molar-refractivity contribution in [3.63, 3.8) is 0 Å². The number of carbonyl (C=O) groups excluding carboxylic acids is 2. The highest BCUT2D eigenvalue weighted by molar-refractivity contribution is 6.06. The van der Waals surface area contributed by atoms with Gasteiger partial charge in [-0.25, -0.2) is 0 Å². The monoisotopic (exact) mass is 411 g/mol. The number of carbonyl (C=O) groups is 2. The maximum atomic E-state index is 12.6. The van der Waals surface area contributed by atoms with Crippen LogP contribution in [0.4, 0.5) is 11.4 Å². The quantitative estimate of drug-likeness (QED) is 0.565. The van der Waals surface area contributed by atoms with Crippen molar-refractivity contribution in [3.05, 3.63) is 95.6 Å². The van der Waals surface area contributed by atoms with E-state index in [0.29, 0.717) is 46.0 Å². The van der Waals surface area contributed by atoms with Crippen LogP contribution in [0.2, 0.25) is 0 Å². The summed E-state index contributed by atoms with van der Waals surface area (Å²) in [5.74, 6) is 0.138. The van der Waals surface area contributed by atoms with E-state index in [1.807, 2.05) is 13.0 Å². The summed E-state index contributed by atoms with van der Waals surface area (Å²) in [4.78, 5) is 25.0. The lowest BCUT2D eigenvalue weighted by Gasteiger charge is -2.12. The molecule has 0 aliphatic rings. The lowest BCUT2D eigenvalue weighted by atomic mass is 10.1. The van der Waals surface area contributed by atoms with Gasteiger partial charge < -0.3 is 15.4 Å². The summed E-state index contributed by atoms with van der Waals surface area (Å²) in [6.45, 7) is 6.24. The largest absolute Gasteiger partial charge is 0.494 e. The number of rotatable bonds is 7. The minimum absolute atomic E-state index is 0.263. The number of benzene rings is 3. The van der Waals surface area contributed by atoms with Crippen LogP contribution in [-0.2, 0) is 0 Å². The first-order valence-corrected chi connectivity index (χ1v) is 9.66. The smallest absolute Gasteiger partial charge is 0.255 e. The van der Waals surface area contributed by atoms with E-state index in [1.54, 1.807) is 72.8 Å². The van der Waals surface area contributed by atoms with Crippen molar-refractivity contribution in [1.29, 1.82) is 5.26 Å². The van der Waals surface area contributed by atoms with Crippen molar-refractivity contribution < 1.29 is 14.3 Å². The molecule has 0 fully saturated rings. The van der Waals surface area contributed by atoms with Gasteiger partial charge in [-0.2, -0.15) is 5.26 Å². The fourth-order valence-corrected chi connectivity index (χ4v) is 2.89. The highest BCUT2D eigenvalue weighted by Gasteiger charge is 2.11. The molecule has 3 rings (SSSR count). The van der Waals surface area contributed by atoms with Gasteiger partial charge in [-0.1, -0.05) is 12.7 Å². The lowest BCUT2D eigenvalue weighted by molar-refractivity contribution is 0.101. The van der Waals surface area contributed by atoms with Crippen LogP contribution in [0, 0.1) is 11.3 Å². The minimum Gasteiger partial charge on any atom is -0.494 e. The first-order chi connectivity index (χ1) is 15.0. The molecule has 0 unspecified atom stereocenters. The number of amides is 2. The van der Waals surface area contributed by atoms with Crippen LogP contribution in [0.3, 0.4) is 0 Å². The Labute approximate surface area is 180 Å². The van der Waals surface area contributed by atoms with Gasteiger partial charge in [-0.3, -0.25) is 9.59 Å². The van der Waals surface area contributed by atoms with E-state index in [4.69, 9.17) is 10.00 Å². The standard InChI is InChI=1S/C25H21N3O3/c1-3-18-15-21(27-24(29)19-7-5-17(16-26)6-8-19)11-14-23(18)28-25(30)20-9-12-22(13-10-20)31-4-2/h3,5-15H,1,4H2,2H3,(H,27,29)(H,28,30). The minimum atomic E-state index is -0.300. The molecule has 154 valence electrons. The molecule has 0 heterocycles. The molecule has 31 heavy (non-hydrogen) atoms. The highest BCUT2D eigenvalue weighted by atomic mass is 16.5. The molecule has 2 amide bonds. The Kier molecular flexibility index (Phi) is 6.82. The van der Waals surface area contributed by atoms with Crippen LogP contribution in [0.25, 0.3) is 6.08 Å². The van der Waals surface area contributed by atoms with Crippen LogP contribution in [0.5, 0.6) is 5.75 Å². The number of nitrogens with zero attached hydrogens (tertiary/aromatic N) is 1. The van der Waals surface area contributed by atoms with Crippen molar-refractivity contribution in [1.82, 2.24) is 0 Å². The second-order valence-corrected chi connectivity index (χ2v) is 6.56. The van der Waals surface area contributed by atoms with Gasteiger partial charge in [0.25, 0.3) is 11.8 Å². The lowest BCUT2D eigenvalue weighted by Crippen LogP contribution is -2.14. The summed E-state index contributed by atoms with van der Waals surface area (Å²) in [7, 11) is 0. The molecular formula is C25H21N3O3. The van der Waals surface area contributed by atoms with Gasteiger partial charge >= 0.3 is 0 Å². The van der Waals surface area contributed by atoms with Gasteiger partial charge in [0.15, 0.2) is 0 Å². The van der Waals surface area contributed by atoms with E-state index in [1.165, 1.54) is 0 Å². The zero-order valence-electron chi connectivity index (χ0n) is 17.0. The van der Waals surface area contributed by atoms with E-state index < -0.39 is 0 Å². The topological polar surface area (TPSA) is 91.2 Å². The summed E-state index contributed by atoms with van der Waals surface area (Å²) < 4.78 is 5.39. The summed E-state index contributed by atoms with van der Waals surface area (Å²) in [5, 5.41) is 14.5. The molecule has 6 heteroatoms. The molecule has 0 spiro atoms. The molecule has 6 nitrogen and oxygen atoms in total. The number of hydrogen-bond acceptors (Lipinski definition) is 4. The van der Waals surface area contributed by atoms with Gasteiger partial charge in [0.2, 0.25) is 0 Å². The van der Waals surface area contributed by atoms with Crippen LogP contribution in [0.1, 0.15) is 38.8 Å². The number of ether oxygens (including phenoxy) is 1. The molecule has 0 aliphatic carbocycles. The van der Waals surface area contributed by atoms with E-state index >= 15 is 0 Å². The number of nitriles is 1. The fourth-order valence-electron chi connectivity index (χ4n) is 2.89. The molecule has 0 aromatic heterocycles. The average molecular weight is 411 g/mol. The Hall–Kier alpha value is -4.37. The van der Waals surface area contributed by atoms with E-state index in [9.17, 15) is 9.59 Å². The Morgan fingerprint density at radius 3 is 2.16 bits per heavy atom. The van der Waals surface area contributed by atoms with Gasteiger partial charge in [-0.15, -0.1) is 0 Å². The first-order valence-electron chi connectivity index (χ1n) is 9.66.